The van der Waals surface area contributed by atoms with Crippen molar-refractivity contribution in [2.75, 3.05) is 32.1 Å². The van der Waals surface area contributed by atoms with Crippen LogP contribution < -0.4 is 5.32 Å². The average molecular weight is 233 g/mol. The summed E-state index contributed by atoms with van der Waals surface area (Å²) in [5, 5.41) is 2.92. The molecule has 1 heterocycles. The van der Waals surface area contributed by atoms with Crippen LogP contribution >= 0.6 is 11.6 Å². The normalized spacial score (nSPS) is 19.9. The summed E-state index contributed by atoms with van der Waals surface area (Å²) in [7, 11) is 0. The lowest BCUT2D eigenvalue weighted by Gasteiger charge is -2.26. The molecule has 1 atom stereocenters. The molecule has 4 heteroatoms. The first-order chi connectivity index (χ1) is 7.24. The number of hydrogen-bond acceptors (Lipinski definition) is 2. The minimum atomic E-state index is -0.0759. The van der Waals surface area contributed by atoms with E-state index in [1.165, 1.54) is 32.4 Å². The van der Waals surface area contributed by atoms with Crippen LogP contribution in [-0.4, -0.2) is 42.9 Å². The zero-order valence-electron chi connectivity index (χ0n) is 9.47. The monoisotopic (exact) mass is 232 g/mol. The molecule has 0 aliphatic carbocycles. The molecule has 0 radical (unpaired) electrons. The minimum Gasteiger partial charge on any atom is -0.355 e. The van der Waals surface area contributed by atoms with Crippen LogP contribution in [-0.2, 0) is 4.79 Å². The fraction of sp³-hybridized carbons (Fsp3) is 0.909. The van der Waals surface area contributed by atoms with Gasteiger partial charge in [0, 0.05) is 24.9 Å². The number of alkyl halides is 1. The van der Waals surface area contributed by atoms with E-state index in [0.29, 0.717) is 5.88 Å². The predicted octanol–water partition coefficient (Wildman–Crippen LogP) is 1.46. The van der Waals surface area contributed by atoms with E-state index in [9.17, 15) is 4.79 Å². The van der Waals surface area contributed by atoms with E-state index in [4.69, 9.17) is 11.6 Å². The summed E-state index contributed by atoms with van der Waals surface area (Å²) in [6.45, 7) is 5.94. The van der Waals surface area contributed by atoms with E-state index in [2.05, 4.69) is 10.2 Å². The summed E-state index contributed by atoms with van der Waals surface area (Å²) in [4.78, 5) is 13.8. The van der Waals surface area contributed by atoms with Crippen LogP contribution in [0.25, 0.3) is 0 Å². The third-order valence-corrected chi connectivity index (χ3v) is 3.32. The van der Waals surface area contributed by atoms with Gasteiger partial charge in [-0.05, 0) is 25.9 Å². The lowest BCUT2D eigenvalue weighted by atomic mass is 10.1. The molecule has 0 aromatic heterocycles. The number of likely N-dealkylation sites (tertiary alicyclic amines) is 1. The topological polar surface area (TPSA) is 32.3 Å². The molecule has 0 aromatic rings. The van der Waals surface area contributed by atoms with Crippen molar-refractivity contribution in [2.24, 2.45) is 5.92 Å². The number of carbonyl (C=O) groups is 1. The molecule has 1 rings (SSSR count). The molecule has 0 aromatic carbocycles. The molecule has 0 bridgehead atoms. The lowest BCUT2D eigenvalue weighted by molar-refractivity contribution is -0.123. The molecule has 1 aliphatic rings. The van der Waals surface area contributed by atoms with E-state index in [-0.39, 0.29) is 11.8 Å². The van der Waals surface area contributed by atoms with E-state index in [0.717, 1.165) is 13.1 Å². The van der Waals surface area contributed by atoms with Crippen molar-refractivity contribution in [3.63, 3.8) is 0 Å². The van der Waals surface area contributed by atoms with Crippen molar-refractivity contribution >= 4 is 17.5 Å². The molecule has 1 saturated heterocycles. The predicted molar refractivity (Wildman–Crippen MR) is 63.2 cm³/mol. The maximum absolute atomic E-state index is 11.4. The fourth-order valence-corrected chi connectivity index (χ4v) is 1.90. The van der Waals surface area contributed by atoms with Gasteiger partial charge >= 0.3 is 0 Å². The highest BCUT2D eigenvalue weighted by atomic mass is 35.5. The Bertz CT molecular complexity index is 193. The van der Waals surface area contributed by atoms with Crippen molar-refractivity contribution in [1.82, 2.24) is 10.2 Å². The van der Waals surface area contributed by atoms with Gasteiger partial charge in [0.2, 0.25) is 5.91 Å². The summed E-state index contributed by atoms with van der Waals surface area (Å²) in [6, 6.07) is 0. The lowest BCUT2D eigenvalue weighted by Crippen LogP contribution is -2.39. The Balaban J connectivity index is 2.07. The third kappa shape index (κ3) is 4.85. The van der Waals surface area contributed by atoms with Crippen molar-refractivity contribution in [1.29, 1.82) is 0 Å². The van der Waals surface area contributed by atoms with Crippen LogP contribution in [0, 0.1) is 5.92 Å². The summed E-state index contributed by atoms with van der Waals surface area (Å²) in [5.41, 5.74) is 0. The van der Waals surface area contributed by atoms with Gasteiger partial charge < -0.3 is 10.2 Å². The first kappa shape index (κ1) is 12.8. The van der Waals surface area contributed by atoms with Gasteiger partial charge in [0.25, 0.3) is 0 Å². The number of amides is 1. The van der Waals surface area contributed by atoms with E-state index in [1.54, 1.807) is 0 Å². The Morgan fingerprint density at radius 1 is 1.40 bits per heavy atom. The molecule has 1 N–H and O–H groups in total. The Morgan fingerprint density at radius 3 is 2.67 bits per heavy atom. The highest BCUT2D eigenvalue weighted by Crippen LogP contribution is 2.07. The van der Waals surface area contributed by atoms with Crippen molar-refractivity contribution in [3.05, 3.63) is 0 Å². The van der Waals surface area contributed by atoms with Crippen LogP contribution in [0.3, 0.4) is 0 Å². The zero-order valence-corrected chi connectivity index (χ0v) is 10.2. The van der Waals surface area contributed by atoms with Gasteiger partial charge in [-0.2, -0.15) is 0 Å². The fourth-order valence-electron chi connectivity index (χ4n) is 1.76. The number of carbonyl (C=O) groups excluding carboxylic acids is 1. The van der Waals surface area contributed by atoms with Gasteiger partial charge in [0.1, 0.15) is 0 Å². The third-order valence-electron chi connectivity index (χ3n) is 2.85. The second-order valence-electron chi connectivity index (χ2n) is 4.25. The standard InChI is InChI=1S/C11H21ClN2O/c1-10(9-12)11(15)13-5-8-14-6-3-2-4-7-14/h10H,2-9H2,1H3,(H,13,15). The Hall–Kier alpha value is -0.280. The largest absolute Gasteiger partial charge is 0.355 e. The number of nitrogens with one attached hydrogen (secondary N) is 1. The summed E-state index contributed by atoms with van der Waals surface area (Å²) in [5.74, 6) is 0.394. The van der Waals surface area contributed by atoms with Crippen LogP contribution in [0.5, 0.6) is 0 Å². The molecule has 88 valence electrons. The second kappa shape index (κ2) is 7.07. The van der Waals surface area contributed by atoms with Crippen LogP contribution in [0.15, 0.2) is 0 Å². The van der Waals surface area contributed by atoms with Gasteiger partial charge in [-0.15, -0.1) is 11.6 Å². The van der Waals surface area contributed by atoms with Gasteiger partial charge in [-0.25, -0.2) is 0 Å². The van der Waals surface area contributed by atoms with Gasteiger partial charge in [-0.1, -0.05) is 13.3 Å². The maximum Gasteiger partial charge on any atom is 0.224 e. The van der Waals surface area contributed by atoms with E-state index in [1.807, 2.05) is 6.92 Å². The van der Waals surface area contributed by atoms with Crippen LogP contribution in [0.2, 0.25) is 0 Å². The molecule has 1 unspecified atom stereocenters. The summed E-state index contributed by atoms with van der Waals surface area (Å²) >= 11 is 5.60. The molecule has 0 saturated carbocycles. The smallest absolute Gasteiger partial charge is 0.224 e. The molecule has 15 heavy (non-hydrogen) atoms. The van der Waals surface area contributed by atoms with Gasteiger partial charge in [0.05, 0.1) is 0 Å². The average Bonchev–Trinajstić information content (AvgIpc) is 2.29. The van der Waals surface area contributed by atoms with Crippen molar-refractivity contribution < 1.29 is 4.79 Å². The molecule has 1 amide bonds. The van der Waals surface area contributed by atoms with E-state index >= 15 is 0 Å². The van der Waals surface area contributed by atoms with Gasteiger partial charge in [-0.3, -0.25) is 4.79 Å². The maximum atomic E-state index is 11.4. The number of hydrogen-bond donors (Lipinski definition) is 1. The molecule has 3 nitrogen and oxygen atoms in total. The highest BCUT2D eigenvalue weighted by molar-refractivity contribution is 6.19. The molecule has 1 fully saturated rings. The van der Waals surface area contributed by atoms with Gasteiger partial charge in [0.15, 0.2) is 0 Å². The molecular formula is C11H21ClN2O. The zero-order chi connectivity index (χ0) is 11.1. The Kier molecular flexibility index (Phi) is 6.03. The first-order valence-corrected chi connectivity index (χ1v) is 6.33. The van der Waals surface area contributed by atoms with Crippen molar-refractivity contribution in [2.45, 2.75) is 26.2 Å². The molecular weight excluding hydrogens is 212 g/mol. The number of piperidine rings is 1. The molecule has 1 aliphatic heterocycles. The summed E-state index contributed by atoms with van der Waals surface area (Å²) < 4.78 is 0. The van der Waals surface area contributed by atoms with E-state index < -0.39 is 0 Å². The number of nitrogens with zero attached hydrogens (tertiary/aromatic N) is 1. The first-order valence-electron chi connectivity index (χ1n) is 5.80. The number of halogens is 1. The highest BCUT2D eigenvalue weighted by Gasteiger charge is 2.12. The Labute approximate surface area is 97.2 Å². The van der Waals surface area contributed by atoms with Crippen LogP contribution in [0.1, 0.15) is 26.2 Å². The van der Waals surface area contributed by atoms with Crippen molar-refractivity contribution in [3.8, 4) is 0 Å². The Morgan fingerprint density at radius 2 is 2.07 bits per heavy atom. The quantitative estimate of drug-likeness (QED) is 0.728. The van der Waals surface area contributed by atoms with Crippen LogP contribution in [0.4, 0.5) is 0 Å². The summed E-state index contributed by atoms with van der Waals surface area (Å²) in [6.07, 6.45) is 3.95. The molecule has 0 spiro atoms. The number of rotatable bonds is 5. The minimum absolute atomic E-state index is 0.0713. The SMILES string of the molecule is CC(CCl)C(=O)NCCN1CCCCC1. The second-order valence-corrected chi connectivity index (χ2v) is 4.56.